The number of nitrogens with zero attached hydrogens (tertiary/aromatic N) is 1. The van der Waals surface area contributed by atoms with Gasteiger partial charge in [0.1, 0.15) is 5.69 Å². The van der Waals surface area contributed by atoms with E-state index in [0.29, 0.717) is 5.56 Å². The number of nitro benzene ring substituents is 1. The second-order valence-corrected chi connectivity index (χ2v) is 3.41. The lowest BCUT2D eigenvalue weighted by molar-refractivity contribution is -0.384. The van der Waals surface area contributed by atoms with Gasteiger partial charge >= 0.3 is 0 Å². The van der Waals surface area contributed by atoms with E-state index >= 15 is 0 Å². The Morgan fingerprint density at radius 2 is 1.75 bits per heavy atom. The lowest BCUT2D eigenvalue weighted by Crippen LogP contribution is -1.98. The summed E-state index contributed by atoms with van der Waals surface area (Å²) in [7, 11) is 0. The summed E-state index contributed by atoms with van der Waals surface area (Å²) in [5.74, 6) is 0. The van der Waals surface area contributed by atoms with Gasteiger partial charge in [-0.2, -0.15) is 0 Å². The monoisotopic (exact) mass is 214 g/mol. The third-order valence-electron chi connectivity index (χ3n) is 2.27. The first-order chi connectivity index (χ1) is 7.68. The highest BCUT2D eigenvalue weighted by atomic mass is 16.6. The maximum Gasteiger partial charge on any atom is 0.299 e. The Labute approximate surface area is 92.5 Å². The van der Waals surface area contributed by atoms with Gasteiger partial charge in [-0.15, -0.1) is 0 Å². The van der Waals surface area contributed by atoms with Crippen LogP contribution in [0.5, 0.6) is 0 Å². The standard InChI is InChI=1S/C12H10N2O2/c13-11-8-9-5-3-1-2-4-6-10(7-9)12(11)14(15)16/h1-8H,13H2/b2-1-,5-3-,6-4-. The van der Waals surface area contributed by atoms with E-state index in [9.17, 15) is 10.1 Å². The van der Waals surface area contributed by atoms with Gasteiger partial charge in [0.15, 0.2) is 0 Å². The fourth-order valence-corrected chi connectivity index (χ4v) is 1.59. The Morgan fingerprint density at radius 3 is 2.44 bits per heavy atom. The molecule has 0 unspecified atom stereocenters. The smallest absolute Gasteiger partial charge is 0.299 e. The fourth-order valence-electron chi connectivity index (χ4n) is 1.59. The van der Waals surface area contributed by atoms with Crippen LogP contribution < -0.4 is 5.73 Å². The van der Waals surface area contributed by atoms with Gasteiger partial charge in [0.2, 0.25) is 0 Å². The van der Waals surface area contributed by atoms with E-state index in [-0.39, 0.29) is 11.4 Å². The molecule has 0 aliphatic heterocycles. The SMILES string of the molecule is Nc1cc2cc(c1[N+](=O)[O-])\C=C/C=C\C=C/2. The van der Waals surface area contributed by atoms with Gasteiger partial charge in [-0.1, -0.05) is 30.4 Å². The lowest BCUT2D eigenvalue weighted by Gasteiger charge is -2.03. The van der Waals surface area contributed by atoms with Crippen molar-refractivity contribution in [2.75, 3.05) is 5.73 Å². The maximum absolute atomic E-state index is 10.9. The number of fused-ring (bicyclic) bond motifs is 2. The van der Waals surface area contributed by atoms with Gasteiger partial charge in [0, 0.05) is 0 Å². The zero-order chi connectivity index (χ0) is 11.5. The Balaban J connectivity index is 2.70. The van der Waals surface area contributed by atoms with Gasteiger partial charge in [0.05, 0.1) is 10.5 Å². The average Bonchev–Trinajstić information content (AvgIpc) is 2.29. The quantitative estimate of drug-likeness (QED) is 0.444. The highest BCUT2D eigenvalue weighted by Crippen LogP contribution is 2.30. The minimum Gasteiger partial charge on any atom is -0.393 e. The normalized spacial score (nSPS) is 19.0. The molecule has 1 aromatic rings. The summed E-state index contributed by atoms with van der Waals surface area (Å²) in [6, 6.07) is 3.35. The molecule has 1 aromatic carbocycles. The topological polar surface area (TPSA) is 69.2 Å². The molecule has 0 spiro atoms. The molecule has 0 heterocycles. The minimum atomic E-state index is -0.454. The van der Waals surface area contributed by atoms with E-state index in [0.717, 1.165) is 5.56 Å². The molecule has 0 fully saturated rings. The largest absolute Gasteiger partial charge is 0.393 e. The summed E-state index contributed by atoms with van der Waals surface area (Å²) < 4.78 is 0. The molecule has 2 rings (SSSR count). The highest BCUT2D eigenvalue weighted by molar-refractivity contribution is 5.77. The van der Waals surface area contributed by atoms with E-state index in [1.54, 1.807) is 24.3 Å². The first-order valence-electron chi connectivity index (χ1n) is 4.78. The number of anilines is 1. The number of nitro groups is 1. The number of nitrogen functional groups attached to an aromatic ring is 1. The van der Waals surface area contributed by atoms with Crippen LogP contribution in [0.2, 0.25) is 0 Å². The second kappa shape index (κ2) is 4.02. The van der Waals surface area contributed by atoms with E-state index in [1.807, 2.05) is 24.3 Å². The van der Waals surface area contributed by atoms with Gasteiger partial charge < -0.3 is 5.73 Å². The predicted molar refractivity (Wildman–Crippen MR) is 64.7 cm³/mol. The molecular formula is C12H10N2O2. The third-order valence-corrected chi connectivity index (χ3v) is 2.27. The third kappa shape index (κ3) is 1.86. The van der Waals surface area contributed by atoms with Gasteiger partial charge in [-0.3, -0.25) is 10.1 Å². The Kier molecular flexibility index (Phi) is 2.55. The Morgan fingerprint density at radius 1 is 1.06 bits per heavy atom. The number of allylic oxidation sites excluding steroid dienone is 4. The van der Waals surface area contributed by atoms with E-state index in [1.165, 1.54) is 0 Å². The average molecular weight is 214 g/mol. The molecule has 0 saturated heterocycles. The molecule has 4 heteroatoms. The van der Waals surface area contributed by atoms with Crippen LogP contribution in [0.25, 0.3) is 12.2 Å². The van der Waals surface area contributed by atoms with Crippen molar-refractivity contribution in [2.24, 2.45) is 0 Å². The summed E-state index contributed by atoms with van der Waals surface area (Å²) in [4.78, 5) is 10.4. The van der Waals surface area contributed by atoms with Crippen molar-refractivity contribution in [1.29, 1.82) is 0 Å². The molecule has 0 amide bonds. The maximum atomic E-state index is 10.9. The number of benzene rings is 1. The second-order valence-electron chi connectivity index (χ2n) is 3.41. The first kappa shape index (κ1) is 10.2. The molecule has 16 heavy (non-hydrogen) atoms. The zero-order valence-corrected chi connectivity index (χ0v) is 8.46. The molecule has 0 aromatic heterocycles. The molecule has 2 N–H and O–H groups in total. The fraction of sp³-hybridized carbons (Fsp3) is 0. The van der Waals surface area contributed by atoms with Crippen LogP contribution in [-0.2, 0) is 0 Å². The molecule has 4 nitrogen and oxygen atoms in total. The minimum absolute atomic E-state index is 0.0382. The first-order valence-corrected chi connectivity index (χ1v) is 4.78. The van der Waals surface area contributed by atoms with Crippen molar-refractivity contribution < 1.29 is 4.92 Å². The molecule has 0 saturated carbocycles. The van der Waals surface area contributed by atoms with E-state index in [2.05, 4.69) is 0 Å². The van der Waals surface area contributed by atoms with Crippen LogP contribution in [0.4, 0.5) is 11.4 Å². The van der Waals surface area contributed by atoms with Crippen LogP contribution >= 0.6 is 0 Å². The van der Waals surface area contributed by atoms with E-state index in [4.69, 9.17) is 5.73 Å². The number of nitrogens with two attached hydrogens (primary N) is 1. The van der Waals surface area contributed by atoms with Crippen molar-refractivity contribution in [1.82, 2.24) is 0 Å². The Hall–Kier alpha value is -2.36. The van der Waals surface area contributed by atoms with Gasteiger partial charge in [0.25, 0.3) is 5.69 Å². The van der Waals surface area contributed by atoms with Crippen LogP contribution in [0.15, 0.2) is 36.4 Å². The lowest BCUT2D eigenvalue weighted by atomic mass is 10.1. The van der Waals surface area contributed by atoms with Crippen molar-refractivity contribution in [2.45, 2.75) is 0 Å². The molecule has 80 valence electrons. The summed E-state index contributed by atoms with van der Waals surface area (Å²) >= 11 is 0. The van der Waals surface area contributed by atoms with Gasteiger partial charge in [-0.25, -0.2) is 0 Å². The van der Waals surface area contributed by atoms with E-state index < -0.39 is 4.92 Å². The van der Waals surface area contributed by atoms with Crippen molar-refractivity contribution >= 4 is 23.5 Å². The summed E-state index contributed by atoms with van der Waals surface area (Å²) in [6.45, 7) is 0. The number of rotatable bonds is 1. The number of hydrogen-bond donors (Lipinski definition) is 1. The van der Waals surface area contributed by atoms with Gasteiger partial charge in [-0.05, 0) is 23.8 Å². The van der Waals surface area contributed by atoms with Crippen LogP contribution in [-0.4, -0.2) is 4.92 Å². The summed E-state index contributed by atoms with van der Waals surface area (Å²) in [5.41, 5.74) is 7.20. The van der Waals surface area contributed by atoms with Crippen molar-refractivity contribution in [3.8, 4) is 0 Å². The van der Waals surface area contributed by atoms with Crippen molar-refractivity contribution in [3.63, 3.8) is 0 Å². The number of hydrogen-bond acceptors (Lipinski definition) is 3. The highest BCUT2D eigenvalue weighted by Gasteiger charge is 2.17. The summed E-state index contributed by atoms with van der Waals surface area (Å²) in [6.07, 6.45) is 10.8. The molecule has 1 aliphatic rings. The predicted octanol–water partition coefficient (Wildman–Crippen LogP) is 2.77. The summed E-state index contributed by atoms with van der Waals surface area (Å²) in [5, 5.41) is 10.9. The molecular weight excluding hydrogens is 204 g/mol. The molecule has 0 atom stereocenters. The molecule has 1 aliphatic carbocycles. The molecule has 2 bridgehead atoms. The zero-order valence-electron chi connectivity index (χ0n) is 8.46. The van der Waals surface area contributed by atoms with Crippen LogP contribution in [0, 0.1) is 10.1 Å². The van der Waals surface area contributed by atoms with Crippen LogP contribution in [0.3, 0.4) is 0 Å². The van der Waals surface area contributed by atoms with Crippen LogP contribution in [0.1, 0.15) is 11.1 Å². The molecule has 0 radical (unpaired) electrons. The Bertz CT molecular complexity index is 528. The van der Waals surface area contributed by atoms with Crippen molar-refractivity contribution in [3.05, 3.63) is 57.7 Å².